The molecule has 0 fully saturated rings. The van der Waals surface area contributed by atoms with Gasteiger partial charge < -0.3 is 9.62 Å². The van der Waals surface area contributed by atoms with Crippen LogP contribution in [0.15, 0.2) is 48.5 Å². The maximum atomic E-state index is 12.7. The van der Waals surface area contributed by atoms with Crippen LogP contribution < -0.4 is 9.62 Å². The summed E-state index contributed by atoms with van der Waals surface area (Å²) in [5.41, 5.74) is 3.49. The summed E-state index contributed by atoms with van der Waals surface area (Å²) in [7, 11) is 0. The topological polar surface area (TPSA) is 49.4 Å². The van der Waals surface area contributed by atoms with E-state index >= 15 is 0 Å². The number of nitrogens with one attached hydrogen (secondary N) is 1. The van der Waals surface area contributed by atoms with Crippen molar-refractivity contribution in [2.75, 3.05) is 4.90 Å². The number of carbonyl (C=O) groups excluding carboxylic acids is 2. The summed E-state index contributed by atoms with van der Waals surface area (Å²) in [6, 6.07) is 15.4. The van der Waals surface area contributed by atoms with Gasteiger partial charge in [0.25, 0.3) is 0 Å². The highest BCUT2D eigenvalue weighted by Crippen LogP contribution is 2.26. The molecule has 1 heterocycles. The Morgan fingerprint density at radius 2 is 1.67 bits per heavy atom. The Morgan fingerprint density at radius 3 is 2.46 bits per heavy atom. The fourth-order valence-electron chi connectivity index (χ4n) is 2.62. The summed E-state index contributed by atoms with van der Waals surface area (Å²) in [5, 5.41) is 0. The zero-order chi connectivity index (χ0) is 16.9. The molecular formula is C19H16N2O2S. The SMILES string of the molecule is O=C(CCC(=O)N1Cc2ccccc2C#Cc2ccccc21)NS. The summed E-state index contributed by atoms with van der Waals surface area (Å²) >= 11 is 3.72. The van der Waals surface area contributed by atoms with Crippen molar-refractivity contribution < 1.29 is 9.59 Å². The number of carbonyl (C=O) groups is 2. The van der Waals surface area contributed by atoms with E-state index in [0.717, 1.165) is 22.4 Å². The van der Waals surface area contributed by atoms with Gasteiger partial charge in [-0.3, -0.25) is 9.59 Å². The van der Waals surface area contributed by atoms with Gasteiger partial charge in [-0.2, -0.15) is 0 Å². The molecule has 1 aliphatic rings. The zero-order valence-electron chi connectivity index (χ0n) is 13.0. The summed E-state index contributed by atoms with van der Waals surface area (Å²) in [6.07, 6.45) is 0.227. The zero-order valence-corrected chi connectivity index (χ0v) is 13.8. The van der Waals surface area contributed by atoms with Crippen molar-refractivity contribution in [3.05, 3.63) is 65.2 Å². The van der Waals surface area contributed by atoms with Crippen LogP contribution in [-0.2, 0) is 16.1 Å². The molecule has 0 radical (unpaired) electrons. The molecule has 5 heteroatoms. The number of nitrogens with zero attached hydrogens (tertiary/aromatic N) is 1. The lowest BCUT2D eigenvalue weighted by Gasteiger charge is -2.26. The summed E-state index contributed by atoms with van der Waals surface area (Å²) in [4.78, 5) is 25.8. The Labute approximate surface area is 146 Å². The Hall–Kier alpha value is -2.71. The predicted molar refractivity (Wildman–Crippen MR) is 96.4 cm³/mol. The molecule has 1 aliphatic heterocycles. The van der Waals surface area contributed by atoms with Gasteiger partial charge in [-0.1, -0.05) is 55.0 Å². The van der Waals surface area contributed by atoms with Gasteiger partial charge in [0.15, 0.2) is 0 Å². The highest BCUT2D eigenvalue weighted by atomic mass is 32.1. The summed E-state index contributed by atoms with van der Waals surface area (Å²) in [5.74, 6) is 5.94. The molecular weight excluding hydrogens is 320 g/mol. The maximum absolute atomic E-state index is 12.7. The Morgan fingerprint density at radius 1 is 1.00 bits per heavy atom. The van der Waals surface area contributed by atoms with Crippen LogP contribution in [0.25, 0.3) is 0 Å². The van der Waals surface area contributed by atoms with E-state index in [9.17, 15) is 9.59 Å². The minimum atomic E-state index is -0.271. The van der Waals surface area contributed by atoms with E-state index in [1.54, 1.807) is 4.90 Å². The molecule has 2 aromatic rings. The number of hydrogen-bond donors (Lipinski definition) is 2. The minimum Gasteiger partial charge on any atom is -0.307 e. The number of para-hydroxylation sites is 1. The van der Waals surface area contributed by atoms with E-state index in [4.69, 9.17) is 0 Å². The fraction of sp³-hybridized carbons (Fsp3) is 0.158. The van der Waals surface area contributed by atoms with Gasteiger partial charge in [0.05, 0.1) is 12.2 Å². The molecule has 0 saturated carbocycles. The summed E-state index contributed by atoms with van der Waals surface area (Å²) < 4.78 is 2.24. The van der Waals surface area contributed by atoms with Gasteiger partial charge in [-0.15, -0.1) is 0 Å². The molecule has 2 aromatic carbocycles. The first kappa shape index (κ1) is 16.2. The normalized spacial score (nSPS) is 12.0. The van der Waals surface area contributed by atoms with Crippen LogP contribution in [0.4, 0.5) is 5.69 Å². The number of benzene rings is 2. The number of rotatable bonds is 3. The number of hydrogen-bond acceptors (Lipinski definition) is 3. The molecule has 3 rings (SSSR count). The van der Waals surface area contributed by atoms with Gasteiger partial charge in [0, 0.05) is 24.0 Å². The van der Waals surface area contributed by atoms with Crippen molar-refractivity contribution in [2.45, 2.75) is 19.4 Å². The van der Waals surface area contributed by atoms with Crippen molar-refractivity contribution in [2.24, 2.45) is 0 Å². The molecule has 4 nitrogen and oxygen atoms in total. The highest BCUT2D eigenvalue weighted by Gasteiger charge is 2.21. The molecule has 0 bridgehead atoms. The van der Waals surface area contributed by atoms with Crippen molar-refractivity contribution in [3.63, 3.8) is 0 Å². The van der Waals surface area contributed by atoms with E-state index in [-0.39, 0.29) is 24.7 Å². The molecule has 120 valence electrons. The highest BCUT2D eigenvalue weighted by molar-refractivity contribution is 7.78. The van der Waals surface area contributed by atoms with Crippen molar-refractivity contribution in [1.82, 2.24) is 4.72 Å². The number of thiol groups is 1. The second kappa shape index (κ2) is 7.24. The van der Waals surface area contributed by atoms with Crippen LogP contribution in [0, 0.1) is 11.8 Å². The van der Waals surface area contributed by atoms with Gasteiger partial charge in [-0.05, 0) is 23.8 Å². The Bertz CT molecular complexity index is 852. The lowest BCUT2D eigenvalue weighted by atomic mass is 10.0. The Balaban J connectivity index is 1.98. The molecule has 0 aliphatic carbocycles. The van der Waals surface area contributed by atoms with Crippen LogP contribution in [0.5, 0.6) is 0 Å². The first-order valence-electron chi connectivity index (χ1n) is 7.61. The van der Waals surface area contributed by atoms with E-state index in [1.165, 1.54) is 0 Å². The molecule has 24 heavy (non-hydrogen) atoms. The quantitative estimate of drug-likeness (QED) is 0.669. The van der Waals surface area contributed by atoms with Crippen LogP contribution >= 0.6 is 12.8 Å². The number of fused-ring (bicyclic) bond motifs is 2. The minimum absolute atomic E-state index is 0.105. The van der Waals surface area contributed by atoms with Crippen molar-refractivity contribution in [3.8, 4) is 11.8 Å². The molecule has 0 spiro atoms. The van der Waals surface area contributed by atoms with E-state index in [2.05, 4.69) is 29.4 Å². The molecule has 1 N–H and O–H groups in total. The van der Waals surface area contributed by atoms with Gasteiger partial charge in [0.1, 0.15) is 0 Å². The average Bonchev–Trinajstić information content (AvgIpc) is 2.61. The molecule has 0 atom stereocenters. The van der Waals surface area contributed by atoms with Crippen molar-refractivity contribution >= 4 is 30.3 Å². The third-order valence-electron chi connectivity index (χ3n) is 3.86. The second-order valence-electron chi connectivity index (χ2n) is 5.44. The molecule has 0 aromatic heterocycles. The summed E-state index contributed by atoms with van der Waals surface area (Å²) in [6.45, 7) is 0.434. The third-order valence-corrected chi connectivity index (χ3v) is 4.11. The number of amides is 2. The third kappa shape index (κ3) is 3.44. The maximum Gasteiger partial charge on any atom is 0.230 e. The van der Waals surface area contributed by atoms with E-state index in [0.29, 0.717) is 6.54 Å². The smallest absolute Gasteiger partial charge is 0.230 e. The Kier molecular flexibility index (Phi) is 4.88. The molecule has 0 unspecified atom stereocenters. The standard InChI is InChI=1S/C19H16N2O2S/c22-18(20-24)11-12-19(23)21-13-16-7-2-1-5-14(16)9-10-15-6-3-4-8-17(15)21/h1-8,24H,11-13H2,(H,20,22). The molecule has 0 saturated heterocycles. The van der Waals surface area contributed by atoms with Gasteiger partial charge in [0.2, 0.25) is 11.8 Å². The lowest BCUT2D eigenvalue weighted by Crippen LogP contribution is -2.32. The first-order valence-corrected chi connectivity index (χ1v) is 8.06. The van der Waals surface area contributed by atoms with Gasteiger partial charge >= 0.3 is 0 Å². The second-order valence-corrected chi connectivity index (χ2v) is 5.66. The molecule has 2 amide bonds. The van der Waals surface area contributed by atoms with Crippen LogP contribution in [0.2, 0.25) is 0 Å². The van der Waals surface area contributed by atoms with Gasteiger partial charge in [-0.25, -0.2) is 0 Å². The van der Waals surface area contributed by atoms with E-state index < -0.39 is 0 Å². The number of anilines is 1. The monoisotopic (exact) mass is 336 g/mol. The van der Waals surface area contributed by atoms with Crippen LogP contribution in [-0.4, -0.2) is 11.8 Å². The average molecular weight is 336 g/mol. The first-order chi connectivity index (χ1) is 11.7. The largest absolute Gasteiger partial charge is 0.307 e. The fourth-order valence-corrected chi connectivity index (χ4v) is 2.73. The van der Waals surface area contributed by atoms with E-state index in [1.807, 2.05) is 48.5 Å². The lowest BCUT2D eigenvalue weighted by molar-refractivity contribution is -0.124. The van der Waals surface area contributed by atoms with Crippen molar-refractivity contribution in [1.29, 1.82) is 0 Å². The van der Waals surface area contributed by atoms with Crippen LogP contribution in [0.1, 0.15) is 29.5 Å². The predicted octanol–water partition coefficient (Wildman–Crippen LogP) is 2.67. The van der Waals surface area contributed by atoms with Crippen LogP contribution in [0.3, 0.4) is 0 Å².